The molecule has 0 saturated carbocycles. The van der Waals surface area contributed by atoms with Crippen LogP contribution in [-0.4, -0.2) is 42.1 Å². The number of nitrogens with two attached hydrogens (primary N) is 1. The number of Topliss-reactive ketones (excluding diaryl/α,β-unsaturated/α-hetero) is 1. The Morgan fingerprint density at radius 1 is 0.932 bits per heavy atom. The number of aliphatic carboxylic acids is 1. The number of rotatable bonds is 5. The molecular weight excluding hydrogens is 596 g/mol. The molecule has 5 aromatic rings. The number of benzene rings is 2. The van der Waals surface area contributed by atoms with Crippen LogP contribution in [0.5, 0.6) is 0 Å². The van der Waals surface area contributed by atoms with Gasteiger partial charge in [-0.25, -0.2) is 14.8 Å². The lowest BCUT2D eigenvalue weighted by atomic mass is 9.99. The number of alkyl halides is 6. The number of carbonyl (C=O) groups is 2. The van der Waals surface area contributed by atoms with Crippen LogP contribution in [0.3, 0.4) is 0 Å². The van der Waals surface area contributed by atoms with E-state index in [1.807, 2.05) is 17.8 Å². The Bertz CT molecular complexity index is 1900. The Morgan fingerprint density at radius 2 is 1.55 bits per heavy atom. The summed E-state index contributed by atoms with van der Waals surface area (Å²) in [6.07, 6.45) is -6.10. The maximum absolute atomic E-state index is 13.6. The summed E-state index contributed by atoms with van der Waals surface area (Å²) in [4.78, 5) is 43.3. The first-order valence-corrected chi connectivity index (χ1v) is 12.5. The number of para-hydroxylation sites is 1. The highest BCUT2D eigenvalue weighted by Gasteiger charge is 2.38. The van der Waals surface area contributed by atoms with Crippen LogP contribution in [-0.2, 0) is 24.4 Å². The molecule has 15 heteroatoms. The summed E-state index contributed by atoms with van der Waals surface area (Å²) in [7, 11) is 1.84. The van der Waals surface area contributed by atoms with Crippen molar-refractivity contribution in [2.24, 2.45) is 7.05 Å². The third-order valence-electron chi connectivity index (χ3n) is 6.33. The van der Waals surface area contributed by atoms with Gasteiger partial charge in [-0.05, 0) is 29.3 Å². The predicted octanol–water partition coefficient (Wildman–Crippen LogP) is 5.45. The van der Waals surface area contributed by atoms with Gasteiger partial charge in [-0.15, -0.1) is 0 Å². The minimum Gasteiger partial charge on any atom is -0.475 e. The summed E-state index contributed by atoms with van der Waals surface area (Å²) < 4.78 is 75.2. The van der Waals surface area contributed by atoms with Gasteiger partial charge in [0.1, 0.15) is 17.8 Å². The molecule has 228 valence electrons. The number of nitrogens with zero attached hydrogens (tertiary/aromatic N) is 4. The van der Waals surface area contributed by atoms with Crippen molar-refractivity contribution >= 4 is 28.6 Å². The van der Waals surface area contributed by atoms with Gasteiger partial charge in [0.05, 0.1) is 16.5 Å². The fourth-order valence-corrected chi connectivity index (χ4v) is 4.25. The van der Waals surface area contributed by atoms with Gasteiger partial charge >= 0.3 is 18.3 Å². The standard InChI is InChI=1S/C27H20F3N5O2.C2HF3O2/c1-34-14-21(23-24(31)32-15-33-25(23)34)17-9-7-16(8-10-17)11-22(36)20-12-18(27(28,29)30)13-35(26(20)37)19-5-3-2-4-6-19;3-2(4,5)1(6)7/h2-10,12-15H,11H2,1H3,(H2,31,32,33);(H,6,7). The molecule has 0 saturated heterocycles. The van der Waals surface area contributed by atoms with E-state index in [1.165, 1.54) is 18.5 Å². The number of aromatic nitrogens is 4. The van der Waals surface area contributed by atoms with E-state index in [1.54, 1.807) is 42.5 Å². The van der Waals surface area contributed by atoms with E-state index < -0.39 is 40.8 Å². The lowest BCUT2D eigenvalue weighted by molar-refractivity contribution is -0.192. The summed E-state index contributed by atoms with van der Waals surface area (Å²) in [6, 6.07) is 15.4. The number of ketones is 1. The third-order valence-corrected chi connectivity index (χ3v) is 6.33. The van der Waals surface area contributed by atoms with Crippen molar-refractivity contribution in [3.05, 3.63) is 106 Å². The highest BCUT2D eigenvalue weighted by Crippen LogP contribution is 2.33. The number of carboxylic acids is 1. The van der Waals surface area contributed by atoms with Crippen molar-refractivity contribution in [3.63, 3.8) is 0 Å². The molecule has 9 nitrogen and oxygen atoms in total. The maximum Gasteiger partial charge on any atom is 0.490 e. The average Bonchev–Trinajstić information content (AvgIpc) is 3.30. The Balaban J connectivity index is 0.000000566. The van der Waals surface area contributed by atoms with E-state index in [-0.39, 0.29) is 12.1 Å². The van der Waals surface area contributed by atoms with Crippen LogP contribution in [0.15, 0.2) is 84.2 Å². The smallest absolute Gasteiger partial charge is 0.475 e. The van der Waals surface area contributed by atoms with E-state index >= 15 is 0 Å². The molecule has 3 aromatic heterocycles. The minimum atomic E-state index is -5.08. The largest absolute Gasteiger partial charge is 0.490 e. The van der Waals surface area contributed by atoms with Crippen LogP contribution in [0.2, 0.25) is 0 Å². The maximum atomic E-state index is 13.6. The molecular formula is C29H21F6N5O4. The van der Waals surface area contributed by atoms with Gasteiger partial charge in [0.15, 0.2) is 5.78 Å². The van der Waals surface area contributed by atoms with Gasteiger partial charge < -0.3 is 15.4 Å². The summed E-state index contributed by atoms with van der Waals surface area (Å²) in [5, 5.41) is 7.82. The van der Waals surface area contributed by atoms with Crippen LogP contribution < -0.4 is 11.3 Å². The molecule has 0 amide bonds. The Morgan fingerprint density at radius 3 is 2.11 bits per heavy atom. The first kappa shape index (κ1) is 31.5. The number of anilines is 1. The van der Waals surface area contributed by atoms with E-state index in [9.17, 15) is 35.9 Å². The van der Waals surface area contributed by atoms with Crippen LogP contribution in [0.4, 0.5) is 32.2 Å². The lowest BCUT2D eigenvalue weighted by Crippen LogP contribution is -2.28. The van der Waals surface area contributed by atoms with E-state index in [0.717, 1.165) is 15.7 Å². The number of carbonyl (C=O) groups excluding carboxylic acids is 1. The molecule has 0 fully saturated rings. The molecule has 0 atom stereocenters. The number of hydrogen-bond donors (Lipinski definition) is 2. The Hall–Kier alpha value is -5.47. The fraction of sp³-hybridized carbons (Fsp3) is 0.138. The zero-order valence-electron chi connectivity index (χ0n) is 22.5. The number of hydrogen-bond acceptors (Lipinski definition) is 6. The fourth-order valence-electron chi connectivity index (χ4n) is 4.25. The number of fused-ring (bicyclic) bond motifs is 1. The van der Waals surface area contributed by atoms with Gasteiger partial charge in [0.2, 0.25) is 0 Å². The number of aryl methyl sites for hydroxylation is 1. The monoisotopic (exact) mass is 617 g/mol. The van der Waals surface area contributed by atoms with E-state index in [0.29, 0.717) is 34.7 Å². The molecule has 0 unspecified atom stereocenters. The van der Waals surface area contributed by atoms with E-state index in [4.69, 9.17) is 15.6 Å². The van der Waals surface area contributed by atoms with Gasteiger partial charge in [0.25, 0.3) is 5.56 Å². The number of nitrogen functional groups attached to an aromatic ring is 1. The van der Waals surface area contributed by atoms with Gasteiger partial charge in [0, 0.05) is 37.1 Å². The minimum absolute atomic E-state index is 0.232. The molecule has 3 heterocycles. The lowest BCUT2D eigenvalue weighted by Gasteiger charge is -2.13. The Kier molecular flexibility index (Phi) is 8.60. The van der Waals surface area contributed by atoms with Gasteiger partial charge in [-0.1, -0.05) is 42.5 Å². The van der Waals surface area contributed by atoms with Crippen molar-refractivity contribution in [1.82, 2.24) is 19.1 Å². The molecule has 3 N–H and O–H groups in total. The zero-order chi connectivity index (χ0) is 32.4. The second-order valence-electron chi connectivity index (χ2n) is 9.36. The first-order chi connectivity index (χ1) is 20.6. The number of pyridine rings is 1. The second-order valence-corrected chi connectivity index (χ2v) is 9.36. The molecule has 0 bridgehead atoms. The topological polar surface area (TPSA) is 133 Å². The van der Waals surface area contributed by atoms with E-state index in [2.05, 4.69) is 9.97 Å². The predicted molar refractivity (Wildman–Crippen MR) is 147 cm³/mol. The van der Waals surface area contributed by atoms with Crippen molar-refractivity contribution in [3.8, 4) is 16.8 Å². The molecule has 2 aromatic carbocycles. The van der Waals surface area contributed by atoms with Crippen LogP contribution in [0.25, 0.3) is 27.8 Å². The molecule has 44 heavy (non-hydrogen) atoms. The summed E-state index contributed by atoms with van der Waals surface area (Å²) in [5.41, 5.74) is 6.69. The summed E-state index contributed by atoms with van der Waals surface area (Å²) in [5.74, 6) is -3.14. The highest BCUT2D eigenvalue weighted by molar-refractivity contribution is 6.01. The second kappa shape index (κ2) is 12.0. The van der Waals surface area contributed by atoms with Crippen LogP contribution in [0, 0.1) is 0 Å². The molecule has 0 radical (unpaired) electrons. The van der Waals surface area contributed by atoms with Crippen molar-refractivity contribution in [2.45, 2.75) is 18.8 Å². The van der Waals surface area contributed by atoms with Gasteiger partial charge in [-0.3, -0.25) is 14.2 Å². The van der Waals surface area contributed by atoms with Crippen LogP contribution >= 0.6 is 0 Å². The van der Waals surface area contributed by atoms with Crippen molar-refractivity contribution in [1.29, 1.82) is 0 Å². The number of carboxylic acid groups (broad SMARTS) is 1. The average molecular weight is 618 g/mol. The molecule has 0 aliphatic rings. The molecule has 0 spiro atoms. The first-order valence-electron chi connectivity index (χ1n) is 12.5. The van der Waals surface area contributed by atoms with Crippen molar-refractivity contribution in [2.75, 3.05) is 5.73 Å². The molecule has 0 aliphatic carbocycles. The highest BCUT2D eigenvalue weighted by atomic mass is 19.4. The third kappa shape index (κ3) is 6.77. The summed E-state index contributed by atoms with van der Waals surface area (Å²) >= 11 is 0. The zero-order valence-corrected chi connectivity index (χ0v) is 22.5. The SMILES string of the molecule is Cn1cc(-c2ccc(CC(=O)c3cc(C(F)(F)F)cn(-c4ccccc4)c3=O)cc2)c2c(N)ncnc21.O=C(O)C(F)(F)F. The molecule has 0 aliphatic heterocycles. The summed E-state index contributed by atoms with van der Waals surface area (Å²) in [6.45, 7) is 0. The Labute approximate surface area is 243 Å². The van der Waals surface area contributed by atoms with Gasteiger partial charge in [-0.2, -0.15) is 26.3 Å². The quantitative estimate of drug-likeness (QED) is 0.198. The normalized spacial score (nSPS) is 11.6. The molecule has 5 rings (SSSR count). The number of halogens is 6. The van der Waals surface area contributed by atoms with Crippen LogP contribution in [0.1, 0.15) is 21.5 Å². The van der Waals surface area contributed by atoms with Crippen molar-refractivity contribution < 1.29 is 41.0 Å².